The molecule has 2 unspecified atom stereocenters. The molecule has 0 bridgehead atoms. The molecule has 0 spiro atoms. The summed E-state index contributed by atoms with van der Waals surface area (Å²) in [7, 11) is 1.87. The molecule has 57 heavy (non-hydrogen) atoms. The van der Waals surface area contributed by atoms with Gasteiger partial charge in [-0.2, -0.15) is 0 Å². The van der Waals surface area contributed by atoms with Gasteiger partial charge >= 0.3 is 12.1 Å². The zero-order valence-corrected chi connectivity index (χ0v) is 32.0. The van der Waals surface area contributed by atoms with Gasteiger partial charge < -0.3 is 71.6 Å². The number of urea groups is 2. The smallest absolute Gasteiger partial charge is 0.317 e. The zero-order valence-electron chi connectivity index (χ0n) is 32.0. The Morgan fingerprint density at radius 2 is 0.895 bits per heavy atom. The molecule has 5 rings (SSSR count). The van der Waals surface area contributed by atoms with E-state index in [1.807, 2.05) is 55.6 Å². The van der Waals surface area contributed by atoms with E-state index in [-0.39, 0.29) is 64.4 Å². The third-order valence-corrected chi connectivity index (χ3v) is 9.91. The van der Waals surface area contributed by atoms with Crippen LogP contribution in [0.25, 0.3) is 0 Å². The minimum atomic E-state index is -2.62. The number of nitrogens with one attached hydrogen (secondary N) is 5. The number of nitrogens with two attached hydrogens (primary N) is 1. The van der Waals surface area contributed by atoms with Gasteiger partial charge in [0.15, 0.2) is 0 Å². The molecule has 20 heteroatoms. The lowest BCUT2D eigenvalue weighted by Crippen LogP contribution is -2.65. The van der Waals surface area contributed by atoms with Crippen LogP contribution in [0.2, 0.25) is 0 Å². The van der Waals surface area contributed by atoms with Crippen LogP contribution >= 0.6 is 0 Å². The number of carbonyl (C=O) groups is 6. The third-order valence-electron chi connectivity index (χ3n) is 9.91. The molecule has 3 saturated heterocycles. The molecule has 0 aromatic heterocycles. The van der Waals surface area contributed by atoms with Crippen molar-refractivity contribution in [2.75, 3.05) is 85.7 Å². The predicted molar refractivity (Wildman–Crippen MR) is 202 cm³/mol. The first kappa shape index (κ1) is 42.8. The van der Waals surface area contributed by atoms with Gasteiger partial charge in [-0.25, -0.2) is 9.59 Å². The number of amides is 8. The first-order valence-electron chi connectivity index (χ1n) is 18.7. The molecular formula is C37H52N10O10. The summed E-state index contributed by atoms with van der Waals surface area (Å²) in [6.45, 7) is 0.991. The van der Waals surface area contributed by atoms with Crippen LogP contribution < -0.4 is 32.3 Å². The topological polar surface area (TPSA) is 260 Å². The molecule has 0 saturated carbocycles. The van der Waals surface area contributed by atoms with E-state index in [9.17, 15) is 39.0 Å². The highest BCUT2D eigenvalue weighted by molar-refractivity contribution is 5.90. The van der Waals surface area contributed by atoms with Crippen LogP contribution in [0.15, 0.2) is 48.5 Å². The highest BCUT2D eigenvalue weighted by Crippen LogP contribution is 2.23. The molecule has 3 heterocycles. The summed E-state index contributed by atoms with van der Waals surface area (Å²) in [5.74, 6) is -8.41. The molecule has 3 aliphatic rings. The number of aliphatic hydroxyl groups is 2. The Morgan fingerprint density at radius 3 is 1.23 bits per heavy atom. The quantitative estimate of drug-likeness (QED) is 0.101. The van der Waals surface area contributed by atoms with Gasteiger partial charge in [0.25, 0.3) is 23.4 Å². The molecule has 0 aliphatic carbocycles. The van der Waals surface area contributed by atoms with E-state index >= 15 is 0 Å². The average molecular weight is 797 g/mol. The van der Waals surface area contributed by atoms with E-state index < -0.39 is 61.5 Å². The Kier molecular flexibility index (Phi) is 14.7. The fraction of sp³-hybridized carbons (Fsp3) is 0.514. The summed E-state index contributed by atoms with van der Waals surface area (Å²) in [5, 5.41) is 34.8. The lowest BCUT2D eigenvalue weighted by atomic mass is 10.1. The van der Waals surface area contributed by atoms with Crippen LogP contribution in [0.1, 0.15) is 22.3 Å². The Hall–Kier alpha value is -5.38. The minimum Gasteiger partial charge on any atom is -0.356 e. The summed E-state index contributed by atoms with van der Waals surface area (Å²) >= 11 is 0. The molecule has 3 aliphatic heterocycles. The molecule has 310 valence electrons. The molecule has 2 atom stereocenters. The van der Waals surface area contributed by atoms with Crippen LogP contribution in [0.5, 0.6) is 0 Å². The second-order valence-electron chi connectivity index (χ2n) is 13.9. The van der Waals surface area contributed by atoms with E-state index in [2.05, 4.69) is 26.6 Å². The molecule has 0 radical (unpaired) electrons. The number of rotatable bonds is 13. The molecule has 2 aromatic rings. The lowest BCUT2D eigenvalue weighted by Gasteiger charge is -2.39. The van der Waals surface area contributed by atoms with Crippen molar-refractivity contribution in [1.29, 1.82) is 0 Å². The van der Waals surface area contributed by atoms with Gasteiger partial charge in [0, 0.05) is 78.5 Å². The maximum Gasteiger partial charge on any atom is 0.317 e. The van der Waals surface area contributed by atoms with Crippen LogP contribution in [-0.2, 0) is 54.8 Å². The summed E-state index contributed by atoms with van der Waals surface area (Å²) in [4.78, 5) is 82.6. The van der Waals surface area contributed by atoms with Gasteiger partial charge in [0.2, 0.25) is 11.8 Å². The number of hydrogen-bond donors (Lipinski definition) is 8. The van der Waals surface area contributed by atoms with Gasteiger partial charge in [-0.1, -0.05) is 48.5 Å². The van der Waals surface area contributed by atoms with Crippen molar-refractivity contribution in [1.82, 2.24) is 46.2 Å². The van der Waals surface area contributed by atoms with Crippen molar-refractivity contribution >= 4 is 35.7 Å². The van der Waals surface area contributed by atoms with Crippen molar-refractivity contribution in [3.8, 4) is 0 Å². The van der Waals surface area contributed by atoms with E-state index in [1.165, 1.54) is 9.80 Å². The zero-order chi connectivity index (χ0) is 41.0. The van der Waals surface area contributed by atoms with E-state index in [0.717, 1.165) is 28.8 Å². The van der Waals surface area contributed by atoms with Crippen molar-refractivity contribution < 1.29 is 48.5 Å². The Labute approximate surface area is 330 Å². The molecule has 2 aromatic carbocycles. The highest BCUT2D eigenvalue weighted by atomic mass is 16.7. The van der Waals surface area contributed by atoms with Gasteiger partial charge in [-0.05, 0) is 29.3 Å². The summed E-state index contributed by atoms with van der Waals surface area (Å²) in [5.41, 5.74) is 9.61. The maximum atomic E-state index is 12.8. The van der Waals surface area contributed by atoms with Crippen LogP contribution in [0.3, 0.4) is 0 Å². The van der Waals surface area contributed by atoms with Crippen LogP contribution in [-0.4, -0.2) is 163 Å². The standard InChI is InChI=1S/C37H52N10O10/c1-39-19-27-6-8-29(9-7-27)21-43-35(53)47-16-12-45(13-17-47)31(49)23-41-33(51)37(55)25-56-36(54,24-57-37)32(50)40-22-30(48)44-10-14-46(15-11-44)34(52)42-20-28-4-2-26(18-38)3-5-28/h2-9,39,54-55H,10-25,38H2,1H3,(H,40,50)(H,41,51)(H,42,52)(H,43,53). The fourth-order valence-electron chi connectivity index (χ4n) is 6.26. The van der Waals surface area contributed by atoms with E-state index in [4.69, 9.17) is 15.2 Å². The molecule has 3 fully saturated rings. The molecular weight excluding hydrogens is 744 g/mol. The van der Waals surface area contributed by atoms with Crippen molar-refractivity contribution in [3.63, 3.8) is 0 Å². The SMILES string of the molecule is CNCc1ccc(CNC(=O)N2CCN(C(=O)CNC(=O)C3(O)COC(O)(C(=O)NCC(=O)N4CCN(C(=O)NCc5ccc(CN)cc5)CC4)CO3)CC2)cc1. The van der Waals surface area contributed by atoms with Crippen molar-refractivity contribution in [2.45, 2.75) is 37.8 Å². The number of benzene rings is 2. The van der Waals surface area contributed by atoms with E-state index in [0.29, 0.717) is 19.6 Å². The van der Waals surface area contributed by atoms with Crippen LogP contribution in [0.4, 0.5) is 9.59 Å². The fourth-order valence-corrected chi connectivity index (χ4v) is 6.26. The molecule has 9 N–H and O–H groups in total. The van der Waals surface area contributed by atoms with Gasteiger partial charge in [-0.15, -0.1) is 0 Å². The van der Waals surface area contributed by atoms with Crippen LogP contribution in [0, 0.1) is 0 Å². The van der Waals surface area contributed by atoms with Crippen molar-refractivity contribution in [3.05, 3.63) is 70.8 Å². The average Bonchev–Trinajstić information content (AvgIpc) is 3.24. The highest BCUT2D eigenvalue weighted by Gasteiger charge is 2.51. The minimum absolute atomic E-state index is 0.225. The monoisotopic (exact) mass is 796 g/mol. The largest absolute Gasteiger partial charge is 0.356 e. The van der Waals surface area contributed by atoms with E-state index in [1.54, 1.807) is 9.80 Å². The third kappa shape index (κ3) is 11.6. The first-order valence-corrected chi connectivity index (χ1v) is 18.7. The number of piperazine rings is 2. The second-order valence-corrected chi connectivity index (χ2v) is 13.9. The van der Waals surface area contributed by atoms with Gasteiger partial charge in [-0.3, -0.25) is 19.2 Å². The number of carbonyl (C=O) groups excluding carboxylic acids is 6. The predicted octanol–water partition coefficient (Wildman–Crippen LogP) is -3.07. The summed E-state index contributed by atoms with van der Waals surface area (Å²) in [6, 6.07) is 14.9. The van der Waals surface area contributed by atoms with Gasteiger partial charge in [0.1, 0.15) is 13.2 Å². The maximum absolute atomic E-state index is 12.8. The lowest BCUT2D eigenvalue weighted by molar-refractivity contribution is -0.338. The number of nitrogens with zero attached hydrogens (tertiary/aromatic N) is 4. The second kappa shape index (κ2) is 19.7. The number of hydrogen-bond acceptors (Lipinski definition) is 12. The Bertz CT molecular complexity index is 1720. The van der Waals surface area contributed by atoms with Gasteiger partial charge in [0.05, 0.1) is 13.1 Å². The summed E-state index contributed by atoms with van der Waals surface area (Å²) < 4.78 is 10.3. The molecule has 20 nitrogen and oxygen atoms in total. The Morgan fingerprint density at radius 1 is 0.561 bits per heavy atom. The Balaban J connectivity index is 0.953. The molecule has 8 amide bonds. The van der Waals surface area contributed by atoms with Crippen molar-refractivity contribution in [2.24, 2.45) is 5.73 Å². The first-order chi connectivity index (χ1) is 27.3. The number of ether oxygens (including phenoxy) is 2. The normalized spacial score (nSPS) is 21.1. The summed E-state index contributed by atoms with van der Waals surface area (Å²) in [6.07, 6.45) is 0.